The third kappa shape index (κ3) is 8.37. The summed E-state index contributed by atoms with van der Waals surface area (Å²) in [7, 11) is -4.28. The van der Waals surface area contributed by atoms with Crippen LogP contribution in [0.15, 0.2) is 71.6 Å². The van der Waals surface area contributed by atoms with Gasteiger partial charge in [-0.25, -0.2) is 8.42 Å². The molecule has 0 spiro atoms. The largest absolute Gasteiger partial charge is 0.352 e. The normalized spacial score (nSPS) is 14.6. The van der Waals surface area contributed by atoms with Crippen molar-refractivity contribution in [2.75, 3.05) is 10.8 Å². The summed E-state index contributed by atoms with van der Waals surface area (Å²) >= 11 is 25.1. The highest BCUT2D eigenvalue weighted by molar-refractivity contribution is 7.92. The van der Waals surface area contributed by atoms with Gasteiger partial charge in [-0.3, -0.25) is 13.9 Å². The second-order valence-electron chi connectivity index (χ2n) is 10.5. The van der Waals surface area contributed by atoms with Crippen LogP contribution in [0.1, 0.15) is 51.0 Å². The van der Waals surface area contributed by atoms with Crippen molar-refractivity contribution < 1.29 is 18.0 Å². The van der Waals surface area contributed by atoms with E-state index < -0.39 is 28.5 Å². The van der Waals surface area contributed by atoms with Gasteiger partial charge in [-0.15, -0.1) is 0 Å². The number of benzene rings is 3. The Morgan fingerprint density at radius 1 is 0.884 bits per heavy atom. The quantitative estimate of drug-likeness (QED) is 0.224. The van der Waals surface area contributed by atoms with Crippen molar-refractivity contribution >= 4 is 73.9 Å². The van der Waals surface area contributed by atoms with Gasteiger partial charge in [-0.1, -0.05) is 96.9 Å². The molecule has 0 bridgehead atoms. The molecule has 12 heteroatoms. The first-order valence-corrected chi connectivity index (χ1v) is 17.0. The number of amides is 2. The molecule has 4 rings (SSSR count). The van der Waals surface area contributed by atoms with Gasteiger partial charge in [-0.2, -0.15) is 0 Å². The van der Waals surface area contributed by atoms with Crippen molar-refractivity contribution in [3.8, 4) is 0 Å². The summed E-state index contributed by atoms with van der Waals surface area (Å²) < 4.78 is 28.9. The van der Waals surface area contributed by atoms with E-state index in [9.17, 15) is 18.0 Å². The molecule has 1 N–H and O–H groups in total. The smallest absolute Gasteiger partial charge is 0.264 e. The standard InChI is InChI=1S/C31H33Cl4N3O4S/c1-2-28(31(40)36-23-9-5-3-6-10-23)37(19-21-13-15-25(33)27(35)17-21)30(39)20-38(29-18-22(32)14-16-26(29)34)43(41,42)24-11-7-4-8-12-24/h4,7-8,11-18,23,28H,2-3,5-6,9-10,19-20H2,1H3,(H,36,40)/t28-/m1/s1. The average molecular weight is 686 g/mol. The highest BCUT2D eigenvalue weighted by Crippen LogP contribution is 2.33. The monoisotopic (exact) mass is 683 g/mol. The van der Waals surface area contributed by atoms with E-state index in [1.54, 1.807) is 36.4 Å². The Bertz CT molecular complexity index is 1550. The van der Waals surface area contributed by atoms with Crippen LogP contribution in [0, 0.1) is 0 Å². The second-order valence-corrected chi connectivity index (χ2v) is 14.0. The van der Waals surface area contributed by atoms with Crippen molar-refractivity contribution in [1.29, 1.82) is 0 Å². The molecule has 0 aromatic heterocycles. The van der Waals surface area contributed by atoms with Gasteiger partial charge in [0.1, 0.15) is 12.6 Å². The summed E-state index contributed by atoms with van der Waals surface area (Å²) in [6.45, 7) is 1.17. The fourth-order valence-corrected chi connectivity index (χ4v) is 7.41. The first kappa shape index (κ1) is 33.4. The number of hydrogen-bond donors (Lipinski definition) is 1. The van der Waals surface area contributed by atoms with Gasteiger partial charge in [0.15, 0.2) is 0 Å². The molecular formula is C31H33Cl4N3O4S. The predicted octanol–water partition coefficient (Wildman–Crippen LogP) is 7.75. The van der Waals surface area contributed by atoms with Gasteiger partial charge in [0.25, 0.3) is 10.0 Å². The number of sulfonamides is 1. The first-order chi connectivity index (χ1) is 20.5. The highest BCUT2D eigenvalue weighted by Gasteiger charge is 2.35. The summed E-state index contributed by atoms with van der Waals surface area (Å²) in [5, 5.41) is 4.10. The Labute approximate surface area is 273 Å². The molecule has 3 aromatic carbocycles. The Hall–Kier alpha value is -2.49. The molecule has 1 atom stereocenters. The lowest BCUT2D eigenvalue weighted by Gasteiger charge is -2.34. The van der Waals surface area contributed by atoms with Gasteiger partial charge < -0.3 is 10.2 Å². The maximum absolute atomic E-state index is 14.3. The van der Waals surface area contributed by atoms with E-state index in [0.29, 0.717) is 22.0 Å². The number of hydrogen-bond acceptors (Lipinski definition) is 4. The van der Waals surface area contributed by atoms with Crippen LogP contribution in [0.3, 0.4) is 0 Å². The van der Waals surface area contributed by atoms with Crippen LogP contribution >= 0.6 is 46.4 Å². The SMILES string of the molecule is CC[C@H](C(=O)NC1CCCCC1)N(Cc1ccc(Cl)c(Cl)c1)C(=O)CN(c1cc(Cl)ccc1Cl)S(=O)(=O)c1ccccc1. The molecule has 2 amide bonds. The molecular weight excluding hydrogens is 652 g/mol. The molecule has 0 aliphatic heterocycles. The Morgan fingerprint density at radius 2 is 1.56 bits per heavy atom. The summed E-state index contributed by atoms with van der Waals surface area (Å²) in [5.74, 6) is -0.895. The summed E-state index contributed by atoms with van der Waals surface area (Å²) in [5.41, 5.74) is 0.672. The fraction of sp³-hybridized carbons (Fsp3) is 0.355. The zero-order chi connectivity index (χ0) is 31.1. The fourth-order valence-electron chi connectivity index (χ4n) is 5.21. The summed E-state index contributed by atoms with van der Waals surface area (Å²) in [6, 6.07) is 16.2. The van der Waals surface area contributed by atoms with E-state index in [-0.39, 0.29) is 39.1 Å². The van der Waals surface area contributed by atoms with Crippen molar-refractivity contribution in [2.24, 2.45) is 0 Å². The molecule has 3 aromatic rings. The lowest BCUT2D eigenvalue weighted by molar-refractivity contribution is -0.140. The molecule has 0 saturated heterocycles. The second kappa shape index (κ2) is 15.0. The molecule has 0 radical (unpaired) electrons. The van der Waals surface area contributed by atoms with E-state index in [0.717, 1.165) is 36.4 Å². The van der Waals surface area contributed by atoms with Crippen molar-refractivity contribution in [3.05, 3.63) is 92.4 Å². The van der Waals surface area contributed by atoms with Crippen molar-refractivity contribution in [1.82, 2.24) is 10.2 Å². The number of carbonyl (C=O) groups excluding carboxylic acids is 2. The predicted molar refractivity (Wildman–Crippen MR) is 174 cm³/mol. The third-order valence-corrected chi connectivity index (χ3v) is 10.5. The zero-order valence-corrected chi connectivity index (χ0v) is 27.5. The van der Waals surface area contributed by atoms with Gasteiger partial charge in [-0.05, 0) is 67.3 Å². The van der Waals surface area contributed by atoms with Crippen LogP contribution in [-0.4, -0.2) is 43.8 Å². The van der Waals surface area contributed by atoms with E-state index in [2.05, 4.69) is 5.32 Å². The number of nitrogens with one attached hydrogen (secondary N) is 1. The van der Waals surface area contributed by atoms with Crippen LogP contribution < -0.4 is 9.62 Å². The number of halogens is 4. The molecule has 230 valence electrons. The minimum atomic E-state index is -4.28. The molecule has 1 aliphatic carbocycles. The van der Waals surface area contributed by atoms with Crippen LogP contribution in [0.4, 0.5) is 5.69 Å². The topological polar surface area (TPSA) is 86.8 Å². The Kier molecular flexibility index (Phi) is 11.6. The van der Waals surface area contributed by atoms with Crippen LogP contribution in [0.2, 0.25) is 20.1 Å². The minimum absolute atomic E-state index is 0.00514. The average Bonchev–Trinajstić information content (AvgIpc) is 2.99. The molecule has 0 unspecified atom stereocenters. The summed E-state index contributed by atoms with van der Waals surface area (Å²) in [6.07, 6.45) is 5.23. The van der Waals surface area contributed by atoms with Gasteiger partial charge in [0.05, 0.1) is 25.7 Å². The maximum atomic E-state index is 14.3. The minimum Gasteiger partial charge on any atom is -0.352 e. The highest BCUT2D eigenvalue weighted by atomic mass is 35.5. The van der Waals surface area contributed by atoms with Crippen LogP contribution in [-0.2, 0) is 26.2 Å². The molecule has 1 fully saturated rings. The first-order valence-electron chi connectivity index (χ1n) is 14.1. The van der Waals surface area contributed by atoms with E-state index in [4.69, 9.17) is 46.4 Å². The lowest BCUT2D eigenvalue weighted by Crippen LogP contribution is -2.54. The molecule has 1 aliphatic rings. The van der Waals surface area contributed by atoms with Gasteiger partial charge in [0.2, 0.25) is 11.8 Å². The lowest BCUT2D eigenvalue weighted by atomic mass is 9.95. The Morgan fingerprint density at radius 3 is 2.21 bits per heavy atom. The van der Waals surface area contributed by atoms with E-state index in [1.165, 1.54) is 35.2 Å². The molecule has 7 nitrogen and oxygen atoms in total. The molecule has 1 saturated carbocycles. The van der Waals surface area contributed by atoms with Crippen LogP contribution in [0.25, 0.3) is 0 Å². The van der Waals surface area contributed by atoms with Crippen molar-refractivity contribution in [2.45, 2.75) is 69.0 Å². The molecule has 43 heavy (non-hydrogen) atoms. The number of carbonyl (C=O) groups is 2. The van der Waals surface area contributed by atoms with Gasteiger partial charge in [0, 0.05) is 17.6 Å². The van der Waals surface area contributed by atoms with E-state index >= 15 is 0 Å². The zero-order valence-electron chi connectivity index (χ0n) is 23.6. The van der Waals surface area contributed by atoms with E-state index in [1.807, 2.05) is 6.92 Å². The third-order valence-electron chi connectivity index (χ3n) is 7.46. The Balaban J connectivity index is 1.74. The maximum Gasteiger partial charge on any atom is 0.264 e. The van der Waals surface area contributed by atoms with Gasteiger partial charge >= 0.3 is 0 Å². The number of rotatable bonds is 11. The number of anilines is 1. The van der Waals surface area contributed by atoms with Crippen molar-refractivity contribution in [3.63, 3.8) is 0 Å². The summed E-state index contributed by atoms with van der Waals surface area (Å²) in [4.78, 5) is 29.3. The number of nitrogens with zero attached hydrogens (tertiary/aromatic N) is 2. The molecule has 0 heterocycles. The van der Waals surface area contributed by atoms with Crippen LogP contribution in [0.5, 0.6) is 0 Å².